The summed E-state index contributed by atoms with van der Waals surface area (Å²) >= 11 is 1.55. The maximum absolute atomic E-state index is 8.61. The fraction of sp³-hybridized carbons (Fsp3) is 0.231. The lowest BCUT2D eigenvalue weighted by Gasteiger charge is -2.03. The summed E-state index contributed by atoms with van der Waals surface area (Å²) in [7, 11) is 0. The zero-order valence-electron chi connectivity index (χ0n) is 9.32. The van der Waals surface area contributed by atoms with Crippen molar-refractivity contribution in [3.63, 3.8) is 0 Å². The van der Waals surface area contributed by atoms with Crippen LogP contribution in [0.2, 0.25) is 0 Å². The number of aromatic nitrogens is 1. The van der Waals surface area contributed by atoms with E-state index in [1.54, 1.807) is 11.3 Å². The first-order valence-corrected chi connectivity index (χ1v) is 5.97. The smallest absolute Gasteiger partial charge is 0.107 e. The van der Waals surface area contributed by atoms with Crippen LogP contribution in [-0.4, -0.2) is 4.98 Å². The Labute approximate surface area is 99.2 Å². The molecule has 2 nitrogen and oxygen atoms in total. The molecule has 0 fully saturated rings. The monoisotopic (exact) mass is 228 g/mol. The summed E-state index contributed by atoms with van der Waals surface area (Å²) in [5, 5.41) is 11.5. The molecule has 0 aliphatic carbocycles. The van der Waals surface area contributed by atoms with Gasteiger partial charge in [-0.05, 0) is 19.4 Å². The van der Waals surface area contributed by atoms with Crippen molar-refractivity contribution in [2.24, 2.45) is 0 Å². The highest BCUT2D eigenvalue weighted by molar-refractivity contribution is 7.10. The number of hydrogen-bond acceptors (Lipinski definition) is 3. The fourth-order valence-electron chi connectivity index (χ4n) is 1.68. The van der Waals surface area contributed by atoms with Gasteiger partial charge in [-0.15, -0.1) is 11.3 Å². The molecule has 0 saturated heterocycles. The van der Waals surface area contributed by atoms with Crippen LogP contribution in [0.15, 0.2) is 23.6 Å². The molecule has 0 unspecified atom stereocenters. The zero-order chi connectivity index (χ0) is 11.5. The number of aryl methyl sites for hydroxylation is 2. The minimum absolute atomic E-state index is 0.398. The lowest BCUT2D eigenvalue weighted by Crippen LogP contribution is -1.86. The average Bonchev–Trinajstić information content (AvgIpc) is 2.67. The van der Waals surface area contributed by atoms with Gasteiger partial charge in [-0.25, -0.2) is 4.98 Å². The van der Waals surface area contributed by atoms with Gasteiger partial charge in [-0.2, -0.15) is 5.26 Å². The molecule has 0 spiro atoms. The highest BCUT2D eigenvalue weighted by Crippen LogP contribution is 2.25. The van der Waals surface area contributed by atoms with E-state index in [0.717, 1.165) is 16.3 Å². The predicted molar refractivity (Wildman–Crippen MR) is 66.3 cm³/mol. The minimum Gasteiger partial charge on any atom is -0.240 e. The predicted octanol–water partition coefficient (Wildman–Crippen LogP) is 3.49. The van der Waals surface area contributed by atoms with Crippen molar-refractivity contribution in [2.75, 3.05) is 0 Å². The first-order chi connectivity index (χ1) is 7.70. The summed E-state index contributed by atoms with van der Waals surface area (Å²) in [6.45, 7) is 4.17. The van der Waals surface area contributed by atoms with Crippen LogP contribution in [0, 0.1) is 25.2 Å². The Morgan fingerprint density at radius 2 is 2.19 bits per heavy atom. The Balaban J connectivity index is 2.39. The topological polar surface area (TPSA) is 36.7 Å². The molecule has 1 aromatic heterocycles. The molecular weight excluding hydrogens is 216 g/mol. The molecule has 3 heteroatoms. The molecule has 2 rings (SSSR count). The third kappa shape index (κ3) is 2.12. The summed E-state index contributed by atoms with van der Waals surface area (Å²) < 4.78 is 0. The van der Waals surface area contributed by atoms with Crippen LogP contribution in [0.5, 0.6) is 0 Å². The number of benzene rings is 1. The standard InChI is InChI=1S/C13H12N2S/c1-9-3-4-11(10(2)7-9)12-8-16-13(15-12)5-6-14/h3-4,7-8H,5H2,1-2H3. The van der Waals surface area contributed by atoms with Gasteiger partial charge in [0.25, 0.3) is 0 Å². The van der Waals surface area contributed by atoms with E-state index in [4.69, 9.17) is 5.26 Å². The van der Waals surface area contributed by atoms with E-state index < -0.39 is 0 Å². The van der Waals surface area contributed by atoms with Gasteiger partial charge in [0.1, 0.15) is 5.01 Å². The lowest BCUT2D eigenvalue weighted by molar-refractivity contribution is 1.19. The molecule has 16 heavy (non-hydrogen) atoms. The SMILES string of the molecule is Cc1ccc(-c2csc(CC#N)n2)c(C)c1. The van der Waals surface area contributed by atoms with Gasteiger partial charge in [0, 0.05) is 10.9 Å². The van der Waals surface area contributed by atoms with Gasteiger partial charge in [0.15, 0.2) is 0 Å². The van der Waals surface area contributed by atoms with E-state index >= 15 is 0 Å². The summed E-state index contributed by atoms with van der Waals surface area (Å²) in [4.78, 5) is 4.46. The largest absolute Gasteiger partial charge is 0.240 e. The summed E-state index contributed by atoms with van der Waals surface area (Å²) in [6, 6.07) is 8.45. The van der Waals surface area contributed by atoms with Crippen molar-refractivity contribution in [1.29, 1.82) is 5.26 Å². The zero-order valence-corrected chi connectivity index (χ0v) is 10.1. The second-order valence-corrected chi connectivity index (χ2v) is 4.72. The van der Waals surface area contributed by atoms with E-state index in [0.29, 0.717) is 6.42 Å². The van der Waals surface area contributed by atoms with Gasteiger partial charge in [0.05, 0.1) is 18.2 Å². The maximum atomic E-state index is 8.61. The molecule has 0 bridgehead atoms. The quantitative estimate of drug-likeness (QED) is 0.788. The number of thiazole rings is 1. The highest BCUT2D eigenvalue weighted by atomic mass is 32.1. The Morgan fingerprint density at radius 3 is 2.88 bits per heavy atom. The van der Waals surface area contributed by atoms with Gasteiger partial charge >= 0.3 is 0 Å². The Morgan fingerprint density at radius 1 is 1.38 bits per heavy atom. The van der Waals surface area contributed by atoms with E-state index in [-0.39, 0.29) is 0 Å². The Kier molecular flexibility index (Phi) is 3.02. The summed E-state index contributed by atoms with van der Waals surface area (Å²) in [5.41, 5.74) is 4.63. The minimum atomic E-state index is 0.398. The molecule has 1 heterocycles. The first kappa shape index (κ1) is 10.8. The van der Waals surface area contributed by atoms with Crippen LogP contribution in [0.3, 0.4) is 0 Å². The van der Waals surface area contributed by atoms with E-state index in [1.807, 2.05) is 5.38 Å². The third-order valence-corrected chi connectivity index (χ3v) is 3.29. The van der Waals surface area contributed by atoms with Gasteiger partial charge in [-0.3, -0.25) is 0 Å². The Hall–Kier alpha value is -1.66. The van der Waals surface area contributed by atoms with Crippen molar-refractivity contribution in [1.82, 2.24) is 4.98 Å². The van der Waals surface area contributed by atoms with Crippen molar-refractivity contribution >= 4 is 11.3 Å². The molecule has 0 aliphatic heterocycles. The van der Waals surface area contributed by atoms with E-state index in [2.05, 4.69) is 43.1 Å². The van der Waals surface area contributed by atoms with Crippen molar-refractivity contribution in [3.8, 4) is 17.3 Å². The third-order valence-electron chi connectivity index (χ3n) is 2.44. The molecule has 0 N–H and O–H groups in total. The van der Waals surface area contributed by atoms with E-state index in [9.17, 15) is 0 Å². The average molecular weight is 228 g/mol. The van der Waals surface area contributed by atoms with Crippen molar-refractivity contribution in [2.45, 2.75) is 20.3 Å². The van der Waals surface area contributed by atoms with Gasteiger partial charge in [0.2, 0.25) is 0 Å². The van der Waals surface area contributed by atoms with Crippen LogP contribution < -0.4 is 0 Å². The van der Waals surface area contributed by atoms with Crippen LogP contribution in [0.25, 0.3) is 11.3 Å². The van der Waals surface area contributed by atoms with Crippen LogP contribution in [-0.2, 0) is 6.42 Å². The molecule has 0 radical (unpaired) electrons. The van der Waals surface area contributed by atoms with Crippen LogP contribution in [0.1, 0.15) is 16.1 Å². The molecule has 1 aromatic carbocycles. The van der Waals surface area contributed by atoms with Crippen molar-refractivity contribution in [3.05, 3.63) is 39.7 Å². The van der Waals surface area contributed by atoms with Gasteiger partial charge < -0.3 is 0 Å². The number of nitrogens with zero attached hydrogens (tertiary/aromatic N) is 2. The molecule has 0 saturated carbocycles. The highest BCUT2D eigenvalue weighted by Gasteiger charge is 2.06. The van der Waals surface area contributed by atoms with Crippen LogP contribution >= 0.6 is 11.3 Å². The molecule has 80 valence electrons. The number of rotatable bonds is 2. The second kappa shape index (κ2) is 4.46. The van der Waals surface area contributed by atoms with Gasteiger partial charge in [-0.1, -0.05) is 23.8 Å². The van der Waals surface area contributed by atoms with Crippen molar-refractivity contribution < 1.29 is 0 Å². The Bertz CT molecular complexity index is 549. The lowest BCUT2D eigenvalue weighted by atomic mass is 10.0. The first-order valence-electron chi connectivity index (χ1n) is 5.09. The molecular formula is C13H12N2S. The maximum Gasteiger partial charge on any atom is 0.107 e. The molecule has 0 aliphatic rings. The summed E-state index contributed by atoms with van der Waals surface area (Å²) in [5.74, 6) is 0. The molecule has 2 aromatic rings. The molecule has 0 atom stereocenters. The summed E-state index contributed by atoms with van der Waals surface area (Å²) in [6.07, 6.45) is 0.398. The fourth-order valence-corrected chi connectivity index (χ4v) is 2.41. The number of nitriles is 1. The van der Waals surface area contributed by atoms with E-state index in [1.165, 1.54) is 11.1 Å². The number of hydrogen-bond donors (Lipinski definition) is 0. The molecule has 0 amide bonds. The second-order valence-electron chi connectivity index (χ2n) is 3.78. The normalized spacial score (nSPS) is 10.1. The van der Waals surface area contributed by atoms with Crippen LogP contribution in [0.4, 0.5) is 0 Å².